The molecule has 1 amide bonds. The van der Waals surface area contributed by atoms with Crippen LogP contribution in [0.25, 0.3) is 11.3 Å². The number of aromatic nitrogens is 2. The molecule has 4 rings (SSSR count). The average Bonchev–Trinajstić information content (AvgIpc) is 2.76. The van der Waals surface area contributed by atoms with E-state index in [0.717, 1.165) is 16.8 Å². The van der Waals surface area contributed by atoms with Crippen molar-refractivity contribution >= 4 is 11.6 Å². The number of carbonyl (C=O) groups is 1. The minimum atomic E-state index is -0.302. The summed E-state index contributed by atoms with van der Waals surface area (Å²) >= 11 is 0. The minimum absolute atomic E-state index is 0.0882. The average molecular weight is 406 g/mol. The standard InChI is InChI=1S/C23H23FN4O2/c1-17-2-4-18(5-3-17)21-10-11-22(29)28(25-21)16-23(30)27-14-12-26(13-15-27)20-8-6-19(24)7-9-20/h2-11H,12-16H2,1H3. The van der Waals surface area contributed by atoms with Gasteiger partial charge in [0.05, 0.1) is 5.69 Å². The maximum atomic E-state index is 13.1. The molecule has 0 atom stereocenters. The van der Waals surface area contributed by atoms with E-state index >= 15 is 0 Å². The highest BCUT2D eigenvalue weighted by Gasteiger charge is 2.22. The van der Waals surface area contributed by atoms with Crippen molar-refractivity contribution in [2.75, 3.05) is 31.1 Å². The molecule has 6 nitrogen and oxygen atoms in total. The summed E-state index contributed by atoms with van der Waals surface area (Å²) in [7, 11) is 0. The molecule has 30 heavy (non-hydrogen) atoms. The van der Waals surface area contributed by atoms with Crippen LogP contribution in [-0.2, 0) is 11.3 Å². The summed E-state index contributed by atoms with van der Waals surface area (Å²) < 4.78 is 14.3. The van der Waals surface area contributed by atoms with Crippen molar-refractivity contribution in [3.8, 4) is 11.3 Å². The van der Waals surface area contributed by atoms with E-state index in [0.29, 0.717) is 31.9 Å². The van der Waals surface area contributed by atoms with Gasteiger partial charge in [0.1, 0.15) is 12.4 Å². The quantitative estimate of drug-likeness (QED) is 0.669. The van der Waals surface area contributed by atoms with E-state index in [9.17, 15) is 14.0 Å². The van der Waals surface area contributed by atoms with E-state index in [1.54, 1.807) is 23.1 Å². The predicted molar refractivity (Wildman–Crippen MR) is 114 cm³/mol. The summed E-state index contributed by atoms with van der Waals surface area (Å²) in [4.78, 5) is 28.8. The second-order valence-electron chi connectivity index (χ2n) is 7.42. The van der Waals surface area contributed by atoms with E-state index in [1.807, 2.05) is 31.2 Å². The second kappa shape index (κ2) is 8.49. The first kappa shape index (κ1) is 19.8. The van der Waals surface area contributed by atoms with E-state index < -0.39 is 0 Å². The van der Waals surface area contributed by atoms with Crippen molar-refractivity contribution in [3.05, 3.63) is 82.4 Å². The Morgan fingerprint density at radius 1 is 0.933 bits per heavy atom. The van der Waals surface area contributed by atoms with Gasteiger partial charge >= 0.3 is 0 Å². The second-order valence-corrected chi connectivity index (χ2v) is 7.42. The molecule has 2 aromatic carbocycles. The van der Waals surface area contributed by atoms with Crippen LogP contribution in [0.3, 0.4) is 0 Å². The van der Waals surface area contributed by atoms with Crippen molar-refractivity contribution in [1.29, 1.82) is 0 Å². The Bertz CT molecular complexity index is 1090. The molecule has 1 aliphatic rings. The first-order chi connectivity index (χ1) is 14.5. The molecule has 0 unspecified atom stereocenters. The third-order valence-corrected chi connectivity index (χ3v) is 5.32. The van der Waals surface area contributed by atoms with Crippen LogP contribution in [0.1, 0.15) is 5.56 Å². The molecule has 3 aromatic rings. The van der Waals surface area contributed by atoms with E-state index in [4.69, 9.17) is 0 Å². The number of amides is 1. The fourth-order valence-electron chi connectivity index (χ4n) is 3.53. The minimum Gasteiger partial charge on any atom is -0.368 e. The summed E-state index contributed by atoms with van der Waals surface area (Å²) in [5.41, 5.74) is 3.33. The summed E-state index contributed by atoms with van der Waals surface area (Å²) in [5.74, 6) is -0.400. The van der Waals surface area contributed by atoms with Crippen LogP contribution in [-0.4, -0.2) is 46.8 Å². The van der Waals surface area contributed by atoms with Gasteiger partial charge in [-0.25, -0.2) is 9.07 Å². The number of benzene rings is 2. The van der Waals surface area contributed by atoms with Gasteiger partial charge in [-0.2, -0.15) is 5.10 Å². The molecule has 1 saturated heterocycles. The van der Waals surface area contributed by atoms with Crippen LogP contribution in [0.15, 0.2) is 65.5 Å². The van der Waals surface area contributed by atoms with Gasteiger partial charge in [0, 0.05) is 43.5 Å². The van der Waals surface area contributed by atoms with Crippen LogP contribution in [0.5, 0.6) is 0 Å². The number of hydrogen-bond donors (Lipinski definition) is 0. The SMILES string of the molecule is Cc1ccc(-c2ccc(=O)n(CC(=O)N3CCN(c4ccc(F)cc4)CC3)n2)cc1. The normalized spacial score (nSPS) is 14.1. The van der Waals surface area contributed by atoms with Gasteiger partial charge in [0.25, 0.3) is 5.56 Å². The van der Waals surface area contributed by atoms with Crippen LogP contribution in [0, 0.1) is 12.7 Å². The van der Waals surface area contributed by atoms with Crippen molar-refractivity contribution in [3.63, 3.8) is 0 Å². The molecule has 1 fully saturated rings. The van der Waals surface area contributed by atoms with Gasteiger partial charge in [-0.1, -0.05) is 29.8 Å². The summed E-state index contributed by atoms with van der Waals surface area (Å²) in [6.07, 6.45) is 0. The molecule has 1 aromatic heterocycles. The van der Waals surface area contributed by atoms with Gasteiger partial charge in [-0.15, -0.1) is 0 Å². The van der Waals surface area contributed by atoms with Gasteiger partial charge in [-0.05, 0) is 37.3 Å². The van der Waals surface area contributed by atoms with Crippen molar-refractivity contribution in [2.45, 2.75) is 13.5 Å². The molecule has 1 aliphatic heterocycles. The number of aryl methyl sites for hydroxylation is 1. The summed E-state index contributed by atoms with van der Waals surface area (Å²) in [6, 6.07) is 17.3. The van der Waals surface area contributed by atoms with Gasteiger partial charge in [0.2, 0.25) is 5.91 Å². The third-order valence-electron chi connectivity index (χ3n) is 5.32. The molecule has 7 heteroatoms. The van der Waals surface area contributed by atoms with Crippen molar-refractivity contribution < 1.29 is 9.18 Å². The number of nitrogens with zero attached hydrogens (tertiary/aromatic N) is 4. The van der Waals surface area contributed by atoms with Crippen molar-refractivity contribution in [2.24, 2.45) is 0 Å². The number of anilines is 1. The fraction of sp³-hybridized carbons (Fsp3) is 0.261. The predicted octanol–water partition coefficient (Wildman–Crippen LogP) is 2.71. The monoisotopic (exact) mass is 406 g/mol. The maximum Gasteiger partial charge on any atom is 0.267 e. The van der Waals surface area contributed by atoms with E-state index in [2.05, 4.69) is 10.00 Å². The van der Waals surface area contributed by atoms with Crippen LogP contribution in [0.2, 0.25) is 0 Å². The molecular weight excluding hydrogens is 383 g/mol. The Labute approximate surface area is 174 Å². The third kappa shape index (κ3) is 4.40. The largest absolute Gasteiger partial charge is 0.368 e. The highest BCUT2D eigenvalue weighted by Crippen LogP contribution is 2.18. The first-order valence-corrected chi connectivity index (χ1v) is 9.93. The van der Waals surface area contributed by atoms with E-state index in [1.165, 1.54) is 22.9 Å². The molecular formula is C23H23FN4O2. The smallest absolute Gasteiger partial charge is 0.267 e. The molecule has 0 saturated carbocycles. The highest BCUT2D eigenvalue weighted by molar-refractivity contribution is 5.76. The number of halogens is 1. The number of piperazine rings is 1. The first-order valence-electron chi connectivity index (χ1n) is 9.93. The molecule has 2 heterocycles. The molecule has 0 N–H and O–H groups in total. The number of carbonyl (C=O) groups excluding carboxylic acids is 1. The molecule has 0 spiro atoms. The Morgan fingerprint density at radius 2 is 1.60 bits per heavy atom. The molecule has 0 radical (unpaired) electrons. The van der Waals surface area contributed by atoms with Crippen molar-refractivity contribution in [1.82, 2.24) is 14.7 Å². The zero-order valence-corrected chi connectivity index (χ0v) is 16.8. The number of rotatable bonds is 4. The summed E-state index contributed by atoms with van der Waals surface area (Å²) in [5, 5.41) is 4.39. The zero-order chi connectivity index (χ0) is 21.1. The summed E-state index contributed by atoms with van der Waals surface area (Å²) in [6.45, 7) is 4.32. The lowest BCUT2D eigenvalue weighted by molar-refractivity contribution is -0.132. The maximum absolute atomic E-state index is 13.1. The zero-order valence-electron chi connectivity index (χ0n) is 16.8. The van der Waals surface area contributed by atoms with Crippen LogP contribution >= 0.6 is 0 Å². The Morgan fingerprint density at radius 3 is 2.27 bits per heavy atom. The lowest BCUT2D eigenvalue weighted by Crippen LogP contribution is -2.50. The van der Waals surface area contributed by atoms with Gasteiger partial charge in [-0.3, -0.25) is 9.59 Å². The Balaban J connectivity index is 1.42. The van der Waals surface area contributed by atoms with Gasteiger partial charge in [0.15, 0.2) is 0 Å². The lowest BCUT2D eigenvalue weighted by Gasteiger charge is -2.36. The molecule has 0 bridgehead atoms. The molecule has 0 aliphatic carbocycles. The fourth-order valence-corrected chi connectivity index (χ4v) is 3.53. The van der Waals surface area contributed by atoms with E-state index in [-0.39, 0.29) is 23.8 Å². The van der Waals surface area contributed by atoms with Crippen LogP contribution in [0.4, 0.5) is 10.1 Å². The highest BCUT2D eigenvalue weighted by atomic mass is 19.1. The topological polar surface area (TPSA) is 58.4 Å². The van der Waals surface area contributed by atoms with Gasteiger partial charge < -0.3 is 9.80 Å². The lowest BCUT2D eigenvalue weighted by atomic mass is 10.1. The van der Waals surface area contributed by atoms with Crippen LogP contribution < -0.4 is 10.5 Å². The number of hydrogen-bond acceptors (Lipinski definition) is 4. The Kier molecular flexibility index (Phi) is 5.61. The Hall–Kier alpha value is -3.48. The molecule has 154 valence electrons.